The van der Waals surface area contributed by atoms with E-state index in [1.54, 1.807) is 18.2 Å². The van der Waals surface area contributed by atoms with Gasteiger partial charge in [-0.3, -0.25) is 4.98 Å². The van der Waals surface area contributed by atoms with E-state index in [1.807, 2.05) is 13.8 Å². The standard InChI is InChI=1S/C19H21F4N3O/c1-11-5-13(6-12(2)25-11)18-14(9-24)7-15(8-16(18)20)26-3-4-27-17(10-26)19(21,22)23/h5-8,17H,3-4,9-10,24H2,1-2H3. The first-order valence-corrected chi connectivity index (χ1v) is 8.60. The van der Waals surface area contributed by atoms with Crippen LogP contribution >= 0.6 is 0 Å². The van der Waals surface area contributed by atoms with Crippen LogP contribution in [0.1, 0.15) is 17.0 Å². The van der Waals surface area contributed by atoms with Gasteiger partial charge >= 0.3 is 6.18 Å². The van der Waals surface area contributed by atoms with E-state index in [0.717, 1.165) is 11.4 Å². The number of nitrogens with two attached hydrogens (primary N) is 1. The lowest BCUT2D eigenvalue weighted by Crippen LogP contribution is -2.49. The lowest BCUT2D eigenvalue weighted by atomic mass is 9.97. The Kier molecular flexibility index (Phi) is 5.39. The van der Waals surface area contributed by atoms with E-state index in [-0.39, 0.29) is 26.2 Å². The number of alkyl halides is 3. The molecule has 8 heteroatoms. The van der Waals surface area contributed by atoms with Gasteiger partial charge in [-0.25, -0.2) is 4.39 Å². The predicted molar refractivity (Wildman–Crippen MR) is 95.0 cm³/mol. The maximum atomic E-state index is 15.0. The van der Waals surface area contributed by atoms with Crippen molar-refractivity contribution in [3.05, 3.63) is 47.0 Å². The Morgan fingerprint density at radius 2 is 1.85 bits per heavy atom. The summed E-state index contributed by atoms with van der Waals surface area (Å²) in [5.74, 6) is -0.520. The number of anilines is 1. The van der Waals surface area contributed by atoms with E-state index in [0.29, 0.717) is 22.4 Å². The molecule has 0 aliphatic carbocycles. The third-order valence-corrected chi connectivity index (χ3v) is 4.54. The minimum absolute atomic E-state index is 0.0630. The fourth-order valence-electron chi connectivity index (χ4n) is 3.38. The maximum Gasteiger partial charge on any atom is 0.416 e. The molecule has 1 aliphatic rings. The quantitative estimate of drug-likeness (QED) is 0.821. The molecule has 0 amide bonds. The van der Waals surface area contributed by atoms with Gasteiger partial charge < -0.3 is 15.4 Å². The third-order valence-electron chi connectivity index (χ3n) is 4.54. The van der Waals surface area contributed by atoms with Crippen molar-refractivity contribution in [3.63, 3.8) is 0 Å². The number of rotatable bonds is 3. The average molecular weight is 383 g/mol. The Bertz CT molecular complexity index is 818. The summed E-state index contributed by atoms with van der Waals surface area (Å²) >= 11 is 0. The second-order valence-corrected chi connectivity index (χ2v) is 6.65. The highest BCUT2D eigenvalue weighted by Crippen LogP contribution is 2.34. The lowest BCUT2D eigenvalue weighted by molar-refractivity contribution is -0.221. The van der Waals surface area contributed by atoms with Crippen molar-refractivity contribution in [3.8, 4) is 11.1 Å². The normalized spacial score (nSPS) is 18.0. The predicted octanol–water partition coefficient (Wildman–Crippen LogP) is 3.73. The van der Waals surface area contributed by atoms with Gasteiger partial charge in [0, 0.05) is 35.7 Å². The summed E-state index contributed by atoms with van der Waals surface area (Å²) in [4.78, 5) is 5.77. The Morgan fingerprint density at radius 3 is 2.44 bits per heavy atom. The molecular formula is C19H21F4N3O. The summed E-state index contributed by atoms with van der Waals surface area (Å²) in [7, 11) is 0. The summed E-state index contributed by atoms with van der Waals surface area (Å²) in [6, 6.07) is 6.44. The van der Waals surface area contributed by atoms with Crippen LogP contribution in [0.2, 0.25) is 0 Å². The molecule has 2 aromatic rings. The molecule has 4 nitrogen and oxygen atoms in total. The number of ether oxygens (including phenoxy) is 1. The van der Waals surface area contributed by atoms with Gasteiger partial charge in [0.2, 0.25) is 0 Å². The van der Waals surface area contributed by atoms with Crippen LogP contribution < -0.4 is 10.6 Å². The summed E-state index contributed by atoms with van der Waals surface area (Å²) < 4.78 is 58.7. The molecule has 1 fully saturated rings. The summed E-state index contributed by atoms with van der Waals surface area (Å²) in [5, 5.41) is 0. The first-order chi connectivity index (χ1) is 12.7. The molecule has 0 radical (unpaired) electrons. The number of hydrogen-bond acceptors (Lipinski definition) is 4. The Hall–Kier alpha value is -2.19. The van der Waals surface area contributed by atoms with Crippen LogP contribution in [-0.4, -0.2) is 37.0 Å². The van der Waals surface area contributed by atoms with Crippen molar-refractivity contribution in [1.82, 2.24) is 4.98 Å². The van der Waals surface area contributed by atoms with Gasteiger partial charge in [0.05, 0.1) is 13.2 Å². The first kappa shape index (κ1) is 19.6. The molecule has 1 atom stereocenters. The molecule has 2 heterocycles. The number of benzene rings is 1. The third kappa shape index (κ3) is 4.22. The van der Waals surface area contributed by atoms with Gasteiger partial charge in [-0.15, -0.1) is 0 Å². The Labute approximate surface area is 154 Å². The number of pyridine rings is 1. The van der Waals surface area contributed by atoms with Gasteiger partial charge in [-0.2, -0.15) is 13.2 Å². The lowest BCUT2D eigenvalue weighted by Gasteiger charge is -2.35. The maximum absolute atomic E-state index is 15.0. The Balaban J connectivity index is 1.99. The molecule has 3 rings (SSSR count). The van der Waals surface area contributed by atoms with Crippen LogP contribution in [0.4, 0.5) is 23.2 Å². The molecular weight excluding hydrogens is 362 g/mol. The van der Waals surface area contributed by atoms with Gasteiger partial charge in [0.1, 0.15) is 5.82 Å². The molecule has 1 aromatic carbocycles. The first-order valence-electron chi connectivity index (χ1n) is 8.60. The molecule has 1 aromatic heterocycles. The van der Waals surface area contributed by atoms with E-state index in [9.17, 15) is 17.6 Å². The number of aryl methyl sites for hydroxylation is 2. The molecule has 0 saturated carbocycles. The van der Waals surface area contributed by atoms with Gasteiger partial charge in [-0.05, 0) is 49.2 Å². The molecule has 27 heavy (non-hydrogen) atoms. The van der Waals surface area contributed by atoms with Crippen molar-refractivity contribution in [2.45, 2.75) is 32.7 Å². The highest BCUT2D eigenvalue weighted by atomic mass is 19.4. The molecule has 1 saturated heterocycles. The zero-order valence-electron chi connectivity index (χ0n) is 15.1. The number of aromatic nitrogens is 1. The van der Waals surface area contributed by atoms with Crippen molar-refractivity contribution >= 4 is 5.69 Å². The Morgan fingerprint density at radius 1 is 1.19 bits per heavy atom. The smallest absolute Gasteiger partial charge is 0.366 e. The average Bonchev–Trinajstić information content (AvgIpc) is 2.59. The SMILES string of the molecule is Cc1cc(-c2c(F)cc(N3CCOC(C(F)(F)F)C3)cc2CN)cc(C)n1. The summed E-state index contributed by atoms with van der Waals surface area (Å²) in [6.45, 7) is 3.50. The number of nitrogens with zero attached hydrogens (tertiary/aromatic N) is 2. The van der Waals surface area contributed by atoms with E-state index in [4.69, 9.17) is 10.5 Å². The molecule has 0 bridgehead atoms. The summed E-state index contributed by atoms with van der Waals surface area (Å²) in [5.41, 5.74) is 9.23. The van der Waals surface area contributed by atoms with Crippen LogP contribution in [0.3, 0.4) is 0 Å². The number of hydrogen-bond donors (Lipinski definition) is 1. The van der Waals surface area contributed by atoms with Crippen molar-refractivity contribution < 1.29 is 22.3 Å². The molecule has 0 spiro atoms. The van der Waals surface area contributed by atoms with E-state index < -0.39 is 18.1 Å². The molecule has 1 aliphatic heterocycles. The van der Waals surface area contributed by atoms with E-state index >= 15 is 0 Å². The molecule has 146 valence electrons. The highest BCUT2D eigenvalue weighted by molar-refractivity contribution is 5.72. The number of morpholine rings is 1. The molecule has 1 unspecified atom stereocenters. The fraction of sp³-hybridized carbons (Fsp3) is 0.421. The zero-order chi connectivity index (χ0) is 19.8. The van der Waals surface area contributed by atoms with Gasteiger partial charge in [-0.1, -0.05) is 0 Å². The minimum atomic E-state index is -4.46. The van der Waals surface area contributed by atoms with Crippen LogP contribution in [0.25, 0.3) is 11.1 Å². The van der Waals surface area contributed by atoms with Gasteiger partial charge in [0.15, 0.2) is 6.10 Å². The minimum Gasteiger partial charge on any atom is -0.366 e. The zero-order valence-corrected chi connectivity index (χ0v) is 15.1. The second kappa shape index (κ2) is 7.44. The van der Waals surface area contributed by atoms with Gasteiger partial charge in [0.25, 0.3) is 0 Å². The van der Waals surface area contributed by atoms with Crippen molar-refractivity contribution in [2.24, 2.45) is 5.73 Å². The number of halogens is 4. The van der Waals surface area contributed by atoms with E-state index in [1.165, 1.54) is 11.0 Å². The van der Waals surface area contributed by atoms with Crippen LogP contribution in [0.15, 0.2) is 24.3 Å². The topological polar surface area (TPSA) is 51.4 Å². The molecule has 2 N–H and O–H groups in total. The second-order valence-electron chi connectivity index (χ2n) is 6.65. The van der Waals surface area contributed by atoms with Crippen LogP contribution in [0.5, 0.6) is 0 Å². The highest BCUT2D eigenvalue weighted by Gasteiger charge is 2.43. The van der Waals surface area contributed by atoms with Crippen molar-refractivity contribution in [1.29, 1.82) is 0 Å². The van der Waals surface area contributed by atoms with E-state index in [2.05, 4.69) is 4.98 Å². The monoisotopic (exact) mass is 383 g/mol. The summed E-state index contributed by atoms with van der Waals surface area (Å²) in [6.07, 6.45) is -6.35. The van der Waals surface area contributed by atoms with Crippen LogP contribution in [-0.2, 0) is 11.3 Å². The van der Waals surface area contributed by atoms with Crippen molar-refractivity contribution in [2.75, 3.05) is 24.6 Å². The largest absolute Gasteiger partial charge is 0.416 e. The van der Waals surface area contributed by atoms with Crippen LogP contribution in [0, 0.1) is 19.7 Å². The fourth-order valence-corrected chi connectivity index (χ4v) is 3.38.